The number of amides is 1. The van der Waals surface area contributed by atoms with E-state index in [1.807, 2.05) is 6.20 Å². The number of pyridine rings is 1. The molecule has 10 heteroatoms. The van der Waals surface area contributed by atoms with Gasteiger partial charge in [-0.05, 0) is 30.9 Å². The van der Waals surface area contributed by atoms with E-state index in [1.165, 1.54) is 24.2 Å². The predicted octanol–water partition coefficient (Wildman–Crippen LogP) is 2.81. The topological polar surface area (TPSA) is 65.5 Å². The van der Waals surface area contributed by atoms with Crippen LogP contribution in [0.2, 0.25) is 0 Å². The number of anilines is 1. The van der Waals surface area contributed by atoms with Crippen molar-refractivity contribution in [1.29, 1.82) is 0 Å². The second-order valence-corrected chi connectivity index (χ2v) is 8.96. The lowest BCUT2D eigenvalue weighted by molar-refractivity contribution is -0.138. The van der Waals surface area contributed by atoms with E-state index < -0.39 is 23.2 Å². The summed E-state index contributed by atoms with van der Waals surface area (Å²) in [5, 5.41) is 0. The number of halogens is 3. The summed E-state index contributed by atoms with van der Waals surface area (Å²) in [6, 6.07) is 1.59. The van der Waals surface area contributed by atoms with Gasteiger partial charge in [0, 0.05) is 70.3 Å². The molecular weight excluding hydrogens is 433 g/mol. The first-order valence-corrected chi connectivity index (χ1v) is 11.5. The summed E-state index contributed by atoms with van der Waals surface area (Å²) < 4.78 is 40.1. The van der Waals surface area contributed by atoms with Gasteiger partial charge in [-0.2, -0.15) is 13.2 Å². The van der Waals surface area contributed by atoms with Crippen molar-refractivity contribution in [3.8, 4) is 0 Å². The summed E-state index contributed by atoms with van der Waals surface area (Å²) in [7, 11) is 0. The first kappa shape index (κ1) is 22.1. The standard InChI is InChI=1S/C23H27F3N6O/c24-23(25,26)19-4-7-27-15-18(19)21(33)31-8-5-16-14-28-22(29-20(16)6-9-31)32-12-10-30(11-13-32)17-2-1-3-17/h4,7,14-15,17H,1-3,5-6,8-13H2. The second kappa shape index (κ2) is 8.89. The normalized spacial score (nSPS) is 20.2. The van der Waals surface area contributed by atoms with E-state index in [4.69, 9.17) is 4.98 Å². The lowest BCUT2D eigenvalue weighted by atomic mass is 9.91. The molecule has 2 aromatic rings. The van der Waals surface area contributed by atoms with Gasteiger partial charge in [-0.25, -0.2) is 9.97 Å². The van der Waals surface area contributed by atoms with E-state index in [1.54, 1.807) is 0 Å². The molecule has 1 amide bonds. The summed E-state index contributed by atoms with van der Waals surface area (Å²) >= 11 is 0. The largest absolute Gasteiger partial charge is 0.417 e. The van der Waals surface area contributed by atoms with Crippen LogP contribution in [-0.2, 0) is 19.0 Å². The molecule has 0 spiro atoms. The highest BCUT2D eigenvalue weighted by Gasteiger charge is 2.36. The number of aromatic nitrogens is 3. The number of carbonyl (C=O) groups excluding carboxylic acids is 1. The zero-order valence-electron chi connectivity index (χ0n) is 18.4. The third-order valence-corrected chi connectivity index (χ3v) is 7.04. The predicted molar refractivity (Wildman–Crippen MR) is 116 cm³/mol. The number of piperazine rings is 1. The average molecular weight is 461 g/mol. The maximum atomic E-state index is 13.4. The van der Waals surface area contributed by atoms with Gasteiger partial charge in [0.25, 0.3) is 5.91 Å². The molecule has 1 saturated carbocycles. The summed E-state index contributed by atoms with van der Waals surface area (Å²) in [5.74, 6) is 0.0527. The Bertz CT molecular complexity index is 1020. The van der Waals surface area contributed by atoms with E-state index >= 15 is 0 Å². The molecule has 0 aromatic carbocycles. The minimum absolute atomic E-state index is 0.309. The Hall–Kier alpha value is -2.75. The van der Waals surface area contributed by atoms with Gasteiger partial charge in [-0.15, -0.1) is 0 Å². The zero-order chi connectivity index (χ0) is 23.0. The van der Waals surface area contributed by atoms with Gasteiger partial charge in [0.15, 0.2) is 0 Å². The minimum Gasteiger partial charge on any atom is -0.338 e. The molecule has 1 aliphatic carbocycles. The van der Waals surface area contributed by atoms with Crippen LogP contribution in [-0.4, -0.2) is 76.0 Å². The van der Waals surface area contributed by atoms with E-state index in [0.717, 1.165) is 61.9 Å². The van der Waals surface area contributed by atoms with Crippen molar-refractivity contribution in [3.05, 3.63) is 47.0 Å². The molecule has 1 saturated heterocycles. The Labute approximate surface area is 190 Å². The minimum atomic E-state index is -4.61. The lowest BCUT2D eigenvalue weighted by Gasteiger charge is -2.43. The molecule has 2 aromatic heterocycles. The lowest BCUT2D eigenvalue weighted by Crippen LogP contribution is -2.52. The van der Waals surface area contributed by atoms with E-state index in [0.29, 0.717) is 31.9 Å². The Kier molecular flexibility index (Phi) is 5.94. The Morgan fingerprint density at radius 1 is 1.00 bits per heavy atom. The molecule has 7 nitrogen and oxygen atoms in total. The van der Waals surface area contributed by atoms with Gasteiger partial charge >= 0.3 is 6.18 Å². The van der Waals surface area contributed by atoms with Crippen LogP contribution in [0.5, 0.6) is 0 Å². The fourth-order valence-corrected chi connectivity index (χ4v) is 4.84. The van der Waals surface area contributed by atoms with Gasteiger partial charge < -0.3 is 9.80 Å². The molecule has 3 aliphatic rings. The van der Waals surface area contributed by atoms with Crippen molar-refractivity contribution in [2.75, 3.05) is 44.2 Å². The number of alkyl halides is 3. The van der Waals surface area contributed by atoms with Crippen molar-refractivity contribution in [2.45, 2.75) is 44.3 Å². The van der Waals surface area contributed by atoms with Crippen LogP contribution in [0.4, 0.5) is 19.1 Å². The third kappa shape index (κ3) is 4.53. The van der Waals surface area contributed by atoms with Crippen molar-refractivity contribution in [1.82, 2.24) is 24.8 Å². The molecule has 2 fully saturated rings. The summed E-state index contributed by atoms with van der Waals surface area (Å²) in [5.41, 5.74) is 0.461. The highest BCUT2D eigenvalue weighted by atomic mass is 19.4. The maximum Gasteiger partial charge on any atom is 0.417 e. The van der Waals surface area contributed by atoms with E-state index in [2.05, 4.69) is 19.8 Å². The van der Waals surface area contributed by atoms with Gasteiger partial charge in [0.05, 0.1) is 16.8 Å². The van der Waals surface area contributed by atoms with Crippen molar-refractivity contribution in [2.24, 2.45) is 0 Å². The Balaban J connectivity index is 1.26. The molecule has 4 heterocycles. The van der Waals surface area contributed by atoms with E-state index in [-0.39, 0.29) is 0 Å². The van der Waals surface area contributed by atoms with E-state index in [9.17, 15) is 18.0 Å². The number of carbonyl (C=O) groups is 1. The fourth-order valence-electron chi connectivity index (χ4n) is 4.84. The van der Waals surface area contributed by atoms with Crippen LogP contribution in [0.15, 0.2) is 24.7 Å². The SMILES string of the molecule is O=C(c1cnccc1C(F)(F)F)N1CCc2cnc(N3CCN(C4CCC4)CC3)nc2CC1. The fraction of sp³-hybridized carbons (Fsp3) is 0.565. The number of hydrogen-bond acceptors (Lipinski definition) is 6. The molecule has 0 bridgehead atoms. The van der Waals surface area contributed by atoms with Crippen molar-refractivity contribution >= 4 is 11.9 Å². The molecule has 0 N–H and O–H groups in total. The second-order valence-electron chi connectivity index (χ2n) is 8.96. The van der Waals surface area contributed by atoms with Crippen LogP contribution < -0.4 is 4.90 Å². The summed E-state index contributed by atoms with van der Waals surface area (Å²) in [6.07, 6.45) is 4.20. The molecule has 0 radical (unpaired) electrons. The van der Waals surface area contributed by atoms with Gasteiger partial charge in [0.1, 0.15) is 0 Å². The first-order valence-electron chi connectivity index (χ1n) is 11.5. The number of hydrogen-bond donors (Lipinski definition) is 0. The molecule has 5 rings (SSSR count). The molecular formula is C23H27F3N6O. The van der Waals surface area contributed by atoms with Crippen LogP contribution in [0.1, 0.15) is 46.4 Å². The monoisotopic (exact) mass is 460 g/mol. The highest BCUT2D eigenvalue weighted by Crippen LogP contribution is 2.32. The Morgan fingerprint density at radius 2 is 1.76 bits per heavy atom. The van der Waals surface area contributed by atoms with Gasteiger partial charge in [0.2, 0.25) is 5.95 Å². The third-order valence-electron chi connectivity index (χ3n) is 7.04. The summed E-state index contributed by atoms with van der Waals surface area (Å²) in [4.78, 5) is 32.3. The van der Waals surface area contributed by atoms with Crippen LogP contribution >= 0.6 is 0 Å². The van der Waals surface area contributed by atoms with Crippen LogP contribution in [0.3, 0.4) is 0 Å². The Morgan fingerprint density at radius 3 is 2.45 bits per heavy atom. The number of rotatable bonds is 3. The van der Waals surface area contributed by atoms with Crippen LogP contribution in [0, 0.1) is 0 Å². The van der Waals surface area contributed by atoms with Crippen LogP contribution in [0.25, 0.3) is 0 Å². The molecule has 176 valence electrons. The van der Waals surface area contributed by atoms with Crippen molar-refractivity contribution < 1.29 is 18.0 Å². The van der Waals surface area contributed by atoms with Gasteiger partial charge in [-0.1, -0.05) is 6.42 Å². The molecule has 2 aliphatic heterocycles. The molecule has 33 heavy (non-hydrogen) atoms. The average Bonchev–Trinajstić information content (AvgIpc) is 2.99. The summed E-state index contributed by atoms with van der Waals surface area (Å²) in [6.45, 7) is 4.44. The number of fused-ring (bicyclic) bond motifs is 1. The quantitative estimate of drug-likeness (QED) is 0.702. The highest BCUT2D eigenvalue weighted by molar-refractivity contribution is 5.95. The zero-order valence-corrected chi connectivity index (χ0v) is 18.4. The first-order chi connectivity index (χ1) is 15.9. The van der Waals surface area contributed by atoms with Gasteiger partial charge in [-0.3, -0.25) is 14.7 Å². The maximum absolute atomic E-state index is 13.4. The smallest absolute Gasteiger partial charge is 0.338 e. The number of nitrogens with zero attached hydrogens (tertiary/aromatic N) is 6. The molecule has 0 unspecified atom stereocenters. The molecule has 0 atom stereocenters. The van der Waals surface area contributed by atoms with Crippen molar-refractivity contribution in [3.63, 3.8) is 0 Å².